The van der Waals surface area contributed by atoms with Gasteiger partial charge in [0, 0.05) is 10.1 Å². The molecule has 0 unspecified atom stereocenters. The minimum absolute atomic E-state index is 0. The fraction of sp³-hybridized carbons (Fsp3) is 0. The molecular weight excluding hydrogens is 254 g/mol. The van der Waals surface area contributed by atoms with Crippen LogP contribution >= 0.6 is 15.9 Å². The Bertz CT molecular complexity index is 319. The van der Waals surface area contributed by atoms with Gasteiger partial charge in [-0.2, -0.15) is 0 Å². The Morgan fingerprint density at radius 2 is 2.15 bits per heavy atom. The number of carboxylic acid groups (broad SMARTS) is 1. The van der Waals surface area contributed by atoms with Crippen LogP contribution in [0.15, 0.2) is 22.7 Å². The molecular formula is C7H3BrFNaO3. The molecule has 0 aliphatic rings. The molecule has 3 nitrogen and oxygen atoms in total. The van der Waals surface area contributed by atoms with E-state index in [1.807, 2.05) is 0 Å². The second-order valence-electron chi connectivity index (χ2n) is 1.98. The van der Waals surface area contributed by atoms with Gasteiger partial charge < -0.3 is 9.90 Å². The molecule has 0 saturated carbocycles. The Morgan fingerprint density at radius 3 is 2.54 bits per heavy atom. The SMILES string of the molecule is O=C([O-])c1cccc(Br)c1OF.[Na+]. The second kappa shape index (κ2) is 5.59. The molecule has 1 rings (SSSR count). The largest absolute Gasteiger partial charge is 1.00 e. The van der Waals surface area contributed by atoms with Crippen LogP contribution in [0.5, 0.6) is 5.75 Å². The van der Waals surface area contributed by atoms with Crippen LogP contribution < -0.4 is 39.6 Å². The van der Waals surface area contributed by atoms with Crippen LogP contribution in [-0.2, 0) is 0 Å². The maximum atomic E-state index is 11.8. The number of aromatic carboxylic acids is 1. The number of halogens is 2. The van der Waals surface area contributed by atoms with Crippen molar-refractivity contribution in [2.75, 3.05) is 0 Å². The van der Waals surface area contributed by atoms with Gasteiger partial charge in [0.25, 0.3) is 0 Å². The summed E-state index contributed by atoms with van der Waals surface area (Å²) < 4.78 is 12.0. The van der Waals surface area contributed by atoms with Gasteiger partial charge in [-0.1, -0.05) is 6.07 Å². The number of para-hydroxylation sites is 1. The fourth-order valence-electron chi connectivity index (χ4n) is 0.748. The second-order valence-corrected chi connectivity index (χ2v) is 2.84. The van der Waals surface area contributed by atoms with Gasteiger partial charge in [-0.25, -0.2) is 0 Å². The number of rotatable bonds is 2. The van der Waals surface area contributed by atoms with Crippen LogP contribution in [0.2, 0.25) is 0 Å². The zero-order valence-electron chi connectivity index (χ0n) is 6.71. The van der Waals surface area contributed by atoms with E-state index in [1.54, 1.807) is 0 Å². The maximum absolute atomic E-state index is 11.8. The summed E-state index contributed by atoms with van der Waals surface area (Å²) in [5.74, 6) is -1.86. The number of carboxylic acids is 1. The maximum Gasteiger partial charge on any atom is 1.00 e. The van der Waals surface area contributed by atoms with Crippen LogP contribution in [0.1, 0.15) is 10.4 Å². The number of hydrogen-bond acceptors (Lipinski definition) is 3. The number of carbonyl (C=O) groups is 1. The molecule has 0 saturated heterocycles. The van der Waals surface area contributed by atoms with Gasteiger partial charge in [-0.15, -0.1) is 0 Å². The zero-order chi connectivity index (χ0) is 9.14. The predicted molar refractivity (Wildman–Crippen MR) is 40.2 cm³/mol. The molecule has 1 aromatic carbocycles. The Balaban J connectivity index is 0.00000144. The van der Waals surface area contributed by atoms with Crippen LogP contribution in [-0.4, -0.2) is 5.97 Å². The van der Waals surface area contributed by atoms with E-state index in [2.05, 4.69) is 20.9 Å². The third-order valence-electron chi connectivity index (χ3n) is 1.26. The van der Waals surface area contributed by atoms with Crippen molar-refractivity contribution < 1.29 is 48.9 Å². The van der Waals surface area contributed by atoms with E-state index in [0.717, 1.165) is 0 Å². The van der Waals surface area contributed by atoms with Crippen molar-refractivity contribution in [2.24, 2.45) is 0 Å². The molecule has 0 spiro atoms. The molecule has 6 heteroatoms. The van der Waals surface area contributed by atoms with Crippen LogP contribution in [0.4, 0.5) is 4.53 Å². The minimum atomic E-state index is -1.48. The smallest absolute Gasteiger partial charge is 0.545 e. The summed E-state index contributed by atoms with van der Waals surface area (Å²) in [5, 5.41) is 10.4. The summed E-state index contributed by atoms with van der Waals surface area (Å²) in [4.78, 5) is 13.7. The molecule has 0 aliphatic heterocycles. The van der Waals surface area contributed by atoms with Crippen molar-refractivity contribution in [3.63, 3.8) is 0 Å². The predicted octanol–water partition coefficient (Wildman–Crippen LogP) is -1.92. The van der Waals surface area contributed by atoms with Crippen molar-refractivity contribution in [2.45, 2.75) is 0 Å². The molecule has 0 aliphatic carbocycles. The molecule has 13 heavy (non-hydrogen) atoms. The summed E-state index contributed by atoms with van der Waals surface area (Å²) in [5.41, 5.74) is -0.327. The van der Waals surface area contributed by atoms with E-state index < -0.39 is 5.97 Å². The van der Waals surface area contributed by atoms with E-state index in [0.29, 0.717) is 0 Å². The van der Waals surface area contributed by atoms with Gasteiger partial charge in [-0.3, -0.25) is 4.94 Å². The standard InChI is InChI=1S/C7H4BrFO3.Na/c8-5-3-1-2-4(7(10)11)6(5)12-9;/h1-3H,(H,10,11);/q;+1/p-1. The molecule has 0 atom stereocenters. The van der Waals surface area contributed by atoms with Gasteiger partial charge in [0.1, 0.15) is 0 Å². The molecule has 0 amide bonds. The van der Waals surface area contributed by atoms with Crippen LogP contribution in [0, 0.1) is 0 Å². The van der Waals surface area contributed by atoms with E-state index in [-0.39, 0.29) is 45.3 Å². The van der Waals surface area contributed by atoms with Crippen molar-refractivity contribution >= 4 is 21.9 Å². The van der Waals surface area contributed by atoms with E-state index in [9.17, 15) is 14.4 Å². The Kier molecular flexibility index (Phi) is 5.55. The van der Waals surface area contributed by atoms with Gasteiger partial charge in [-0.05, 0) is 28.1 Å². The molecule has 0 N–H and O–H groups in total. The van der Waals surface area contributed by atoms with Gasteiger partial charge in [0.2, 0.25) is 0 Å². The molecule has 64 valence electrons. The monoisotopic (exact) mass is 256 g/mol. The average Bonchev–Trinajstić information content (AvgIpc) is 2.03. The number of carbonyl (C=O) groups excluding carboxylic acids is 1. The summed E-state index contributed by atoms with van der Waals surface area (Å²) in [6.07, 6.45) is 0. The summed E-state index contributed by atoms with van der Waals surface area (Å²) >= 11 is 2.92. The molecule has 0 aromatic heterocycles. The van der Waals surface area contributed by atoms with Gasteiger partial charge >= 0.3 is 29.6 Å². The molecule has 1 aromatic rings. The molecule has 0 fully saturated rings. The number of benzene rings is 1. The van der Waals surface area contributed by atoms with Crippen molar-refractivity contribution in [1.82, 2.24) is 0 Å². The molecule has 0 bridgehead atoms. The van der Waals surface area contributed by atoms with Crippen molar-refractivity contribution in [1.29, 1.82) is 0 Å². The first-order chi connectivity index (χ1) is 5.66. The van der Waals surface area contributed by atoms with Crippen molar-refractivity contribution in [3.8, 4) is 5.75 Å². The number of hydrogen-bond donors (Lipinski definition) is 0. The summed E-state index contributed by atoms with van der Waals surface area (Å²) in [7, 11) is 0. The molecule has 0 heterocycles. The average molecular weight is 257 g/mol. The third-order valence-corrected chi connectivity index (χ3v) is 1.89. The quantitative estimate of drug-likeness (QED) is 0.580. The summed E-state index contributed by atoms with van der Waals surface area (Å²) in [6.45, 7) is 0. The Hall–Kier alpha value is -0.100. The minimum Gasteiger partial charge on any atom is -0.545 e. The van der Waals surface area contributed by atoms with E-state index in [1.165, 1.54) is 18.2 Å². The first-order valence-corrected chi connectivity index (χ1v) is 3.74. The van der Waals surface area contributed by atoms with Gasteiger partial charge in [0.15, 0.2) is 5.75 Å². The first kappa shape index (κ1) is 12.9. The topological polar surface area (TPSA) is 49.4 Å². The Labute approximate surface area is 104 Å². The normalized spacial score (nSPS) is 8.77. The fourth-order valence-corrected chi connectivity index (χ4v) is 1.18. The third kappa shape index (κ3) is 2.95. The zero-order valence-corrected chi connectivity index (χ0v) is 10.3. The van der Waals surface area contributed by atoms with Crippen LogP contribution in [0.3, 0.4) is 0 Å². The van der Waals surface area contributed by atoms with Crippen LogP contribution in [0.25, 0.3) is 0 Å². The Morgan fingerprint density at radius 1 is 1.54 bits per heavy atom. The summed E-state index contributed by atoms with van der Waals surface area (Å²) in [6, 6.07) is 4.09. The van der Waals surface area contributed by atoms with Gasteiger partial charge in [0.05, 0.1) is 10.4 Å². The van der Waals surface area contributed by atoms with E-state index >= 15 is 0 Å². The molecule has 0 radical (unpaired) electrons. The van der Waals surface area contributed by atoms with E-state index in [4.69, 9.17) is 0 Å². The first-order valence-electron chi connectivity index (χ1n) is 2.95. The van der Waals surface area contributed by atoms with Crippen molar-refractivity contribution in [3.05, 3.63) is 28.2 Å².